The second kappa shape index (κ2) is 5.61. The van der Waals surface area contributed by atoms with E-state index < -0.39 is 0 Å². The first-order valence-corrected chi connectivity index (χ1v) is 5.79. The van der Waals surface area contributed by atoms with Gasteiger partial charge in [0.25, 0.3) is 0 Å². The predicted molar refractivity (Wildman–Crippen MR) is 58.0 cm³/mol. The Kier molecular flexibility index (Phi) is 4.74. The largest absolute Gasteiger partial charge is 0.311 e. The molecule has 78 valence electrons. The van der Waals surface area contributed by atoms with Crippen molar-refractivity contribution in [2.75, 3.05) is 19.6 Å². The zero-order valence-corrected chi connectivity index (χ0v) is 9.34. The van der Waals surface area contributed by atoms with Crippen LogP contribution in [0.3, 0.4) is 0 Å². The molecule has 0 aromatic heterocycles. The summed E-state index contributed by atoms with van der Waals surface area (Å²) < 4.78 is 0. The van der Waals surface area contributed by atoms with E-state index in [4.69, 9.17) is 0 Å². The number of likely N-dealkylation sites (N-methyl/N-ethyl adjacent to an activating group) is 1. The lowest BCUT2D eigenvalue weighted by atomic mass is 10.0. The minimum absolute atomic E-state index is 0.743. The monoisotopic (exact) mass is 184 g/mol. The maximum absolute atomic E-state index is 3.64. The van der Waals surface area contributed by atoms with Crippen LogP contribution in [0.2, 0.25) is 0 Å². The third kappa shape index (κ3) is 2.96. The minimum atomic E-state index is 0.743. The zero-order valence-electron chi connectivity index (χ0n) is 9.34. The summed E-state index contributed by atoms with van der Waals surface area (Å²) in [5.74, 6) is 0. The van der Waals surface area contributed by atoms with Crippen molar-refractivity contribution in [3.8, 4) is 0 Å². The molecule has 0 aromatic carbocycles. The van der Waals surface area contributed by atoms with Gasteiger partial charge in [-0.15, -0.1) is 0 Å². The molecule has 1 fully saturated rings. The highest BCUT2D eigenvalue weighted by molar-refractivity contribution is 4.84. The van der Waals surface area contributed by atoms with Gasteiger partial charge in [0.05, 0.1) is 0 Å². The molecule has 2 unspecified atom stereocenters. The smallest absolute Gasteiger partial charge is 0.0218 e. The molecule has 0 radical (unpaired) electrons. The van der Waals surface area contributed by atoms with Crippen LogP contribution in [0.1, 0.15) is 40.0 Å². The molecule has 13 heavy (non-hydrogen) atoms. The molecule has 0 aliphatic carbocycles. The highest BCUT2D eigenvalue weighted by Crippen LogP contribution is 2.12. The number of hydrogen-bond donors (Lipinski definition) is 1. The van der Waals surface area contributed by atoms with E-state index in [1.807, 2.05) is 0 Å². The lowest BCUT2D eigenvalue weighted by Gasteiger charge is -2.39. The van der Waals surface area contributed by atoms with Crippen molar-refractivity contribution in [2.24, 2.45) is 0 Å². The van der Waals surface area contributed by atoms with Crippen molar-refractivity contribution in [3.05, 3.63) is 0 Å². The summed E-state index contributed by atoms with van der Waals surface area (Å²) >= 11 is 0. The molecule has 2 nitrogen and oxygen atoms in total. The molecular weight excluding hydrogens is 160 g/mol. The van der Waals surface area contributed by atoms with E-state index in [1.54, 1.807) is 0 Å². The molecule has 1 rings (SSSR count). The second-order valence-corrected chi connectivity index (χ2v) is 4.04. The van der Waals surface area contributed by atoms with Gasteiger partial charge in [0.1, 0.15) is 0 Å². The van der Waals surface area contributed by atoms with Gasteiger partial charge in [-0.3, -0.25) is 4.90 Å². The summed E-state index contributed by atoms with van der Waals surface area (Å²) in [6.45, 7) is 10.5. The van der Waals surface area contributed by atoms with Crippen LogP contribution in [0.15, 0.2) is 0 Å². The number of nitrogens with zero attached hydrogens (tertiary/aromatic N) is 1. The average Bonchev–Trinajstić information content (AvgIpc) is 2.18. The van der Waals surface area contributed by atoms with Crippen molar-refractivity contribution in [1.82, 2.24) is 10.2 Å². The van der Waals surface area contributed by atoms with Crippen LogP contribution in [-0.4, -0.2) is 36.6 Å². The Morgan fingerprint density at radius 2 is 2.08 bits per heavy atom. The van der Waals surface area contributed by atoms with Crippen LogP contribution >= 0.6 is 0 Å². The molecule has 2 heteroatoms. The van der Waals surface area contributed by atoms with Crippen molar-refractivity contribution in [3.63, 3.8) is 0 Å². The van der Waals surface area contributed by atoms with E-state index in [0.29, 0.717) is 0 Å². The number of rotatable bonds is 4. The summed E-state index contributed by atoms with van der Waals surface area (Å²) in [5, 5.41) is 3.64. The third-order valence-corrected chi connectivity index (χ3v) is 3.13. The number of nitrogens with one attached hydrogen (secondary N) is 1. The average molecular weight is 184 g/mol. The number of piperazine rings is 1. The molecule has 1 aliphatic heterocycles. The van der Waals surface area contributed by atoms with Crippen molar-refractivity contribution in [1.29, 1.82) is 0 Å². The quantitative estimate of drug-likeness (QED) is 0.717. The third-order valence-electron chi connectivity index (χ3n) is 3.13. The Hall–Kier alpha value is -0.0800. The molecule has 1 N–H and O–H groups in total. The predicted octanol–water partition coefficient (Wildman–Crippen LogP) is 1.86. The fourth-order valence-electron chi connectivity index (χ4n) is 2.26. The molecular formula is C11H24N2. The summed E-state index contributed by atoms with van der Waals surface area (Å²) in [5.41, 5.74) is 0. The molecule has 1 aliphatic rings. The van der Waals surface area contributed by atoms with E-state index in [0.717, 1.165) is 12.1 Å². The first-order chi connectivity index (χ1) is 6.31. The van der Waals surface area contributed by atoms with E-state index in [1.165, 1.54) is 38.9 Å². The summed E-state index contributed by atoms with van der Waals surface area (Å²) in [6.07, 6.45) is 3.90. The summed E-state index contributed by atoms with van der Waals surface area (Å²) in [6, 6.07) is 1.52. The zero-order chi connectivity index (χ0) is 9.68. The molecule has 0 bridgehead atoms. The fraction of sp³-hybridized carbons (Fsp3) is 1.00. The second-order valence-electron chi connectivity index (χ2n) is 4.04. The summed E-state index contributed by atoms with van der Waals surface area (Å²) in [7, 11) is 0. The SMILES string of the molecule is CCCC1CN(CC)C(CC)CN1. The van der Waals surface area contributed by atoms with Gasteiger partial charge in [-0.05, 0) is 19.4 Å². The van der Waals surface area contributed by atoms with Gasteiger partial charge in [-0.1, -0.05) is 27.2 Å². The normalized spacial score (nSPS) is 30.7. The van der Waals surface area contributed by atoms with Crippen molar-refractivity contribution >= 4 is 0 Å². The standard InChI is InChI=1S/C11H24N2/c1-4-7-10-9-13(6-3)11(5-2)8-12-10/h10-12H,4-9H2,1-3H3. The Morgan fingerprint density at radius 3 is 2.62 bits per heavy atom. The van der Waals surface area contributed by atoms with Gasteiger partial charge in [-0.2, -0.15) is 0 Å². The molecule has 1 saturated heterocycles. The molecule has 0 amide bonds. The van der Waals surface area contributed by atoms with Gasteiger partial charge < -0.3 is 5.32 Å². The Labute approximate surface area is 82.7 Å². The molecule has 0 saturated carbocycles. The van der Waals surface area contributed by atoms with Crippen LogP contribution < -0.4 is 5.32 Å². The topological polar surface area (TPSA) is 15.3 Å². The Bertz CT molecular complexity index is 136. The van der Waals surface area contributed by atoms with Crippen LogP contribution in [0, 0.1) is 0 Å². The molecule has 0 spiro atoms. The van der Waals surface area contributed by atoms with Crippen LogP contribution in [0.25, 0.3) is 0 Å². The van der Waals surface area contributed by atoms with E-state index in [9.17, 15) is 0 Å². The van der Waals surface area contributed by atoms with Crippen LogP contribution in [-0.2, 0) is 0 Å². The van der Waals surface area contributed by atoms with Gasteiger partial charge in [0.15, 0.2) is 0 Å². The van der Waals surface area contributed by atoms with E-state index in [2.05, 4.69) is 31.0 Å². The first kappa shape index (κ1) is 11.0. The molecule has 1 heterocycles. The van der Waals surface area contributed by atoms with Crippen molar-refractivity contribution < 1.29 is 0 Å². The minimum Gasteiger partial charge on any atom is -0.311 e. The van der Waals surface area contributed by atoms with Gasteiger partial charge in [0.2, 0.25) is 0 Å². The van der Waals surface area contributed by atoms with Gasteiger partial charge in [-0.25, -0.2) is 0 Å². The molecule has 0 aromatic rings. The highest BCUT2D eigenvalue weighted by Gasteiger charge is 2.24. The lowest BCUT2D eigenvalue weighted by Crippen LogP contribution is -2.55. The van der Waals surface area contributed by atoms with Crippen LogP contribution in [0.4, 0.5) is 0 Å². The van der Waals surface area contributed by atoms with Crippen LogP contribution in [0.5, 0.6) is 0 Å². The highest BCUT2D eigenvalue weighted by atomic mass is 15.2. The Morgan fingerprint density at radius 1 is 1.31 bits per heavy atom. The number of hydrogen-bond acceptors (Lipinski definition) is 2. The van der Waals surface area contributed by atoms with E-state index >= 15 is 0 Å². The maximum Gasteiger partial charge on any atom is 0.0218 e. The van der Waals surface area contributed by atoms with Gasteiger partial charge >= 0.3 is 0 Å². The van der Waals surface area contributed by atoms with E-state index in [-0.39, 0.29) is 0 Å². The fourth-order valence-corrected chi connectivity index (χ4v) is 2.26. The Balaban J connectivity index is 2.38. The van der Waals surface area contributed by atoms with Gasteiger partial charge in [0, 0.05) is 25.2 Å². The maximum atomic E-state index is 3.64. The summed E-state index contributed by atoms with van der Waals surface area (Å²) in [4.78, 5) is 2.62. The first-order valence-electron chi connectivity index (χ1n) is 5.79. The van der Waals surface area contributed by atoms with Crippen molar-refractivity contribution in [2.45, 2.75) is 52.1 Å². The molecule has 2 atom stereocenters. The lowest BCUT2D eigenvalue weighted by molar-refractivity contribution is 0.130.